The zero-order valence-electron chi connectivity index (χ0n) is 18.8. The third kappa shape index (κ3) is 5.92. The maximum absolute atomic E-state index is 12.5. The fourth-order valence-electron chi connectivity index (χ4n) is 3.61. The number of amides is 1. The number of halogens is 2. The molecular formula is C27H23Cl2N3OS. The number of rotatable bonds is 7. The first-order chi connectivity index (χ1) is 16.4. The summed E-state index contributed by atoms with van der Waals surface area (Å²) in [7, 11) is 0. The van der Waals surface area contributed by atoms with Crippen molar-refractivity contribution in [1.29, 1.82) is 0 Å². The molecule has 3 aromatic carbocycles. The van der Waals surface area contributed by atoms with Crippen molar-refractivity contribution in [3.8, 4) is 5.69 Å². The van der Waals surface area contributed by atoms with Crippen molar-refractivity contribution in [1.82, 2.24) is 9.99 Å². The Balaban J connectivity index is 1.36. The summed E-state index contributed by atoms with van der Waals surface area (Å²) < 4.78 is 2.11. The van der Waals surface area contributed by atoms with E-state index >= 15 is 0 Å². The first kappa shape index (κ1) is 24.1. The molecule has 1 amide bonds. The van der Waals surface area contributed by atoms with Gasteiger partial charge in [0.2, 0.25) is 0 Å². The molecule has 1 N–H and O–H groups in total. The predicted molar refractivity (Wildman–Crippen MR) is 143 cm³/mol. The van der Waals surface area contributed by atoms with Gasteiger partial charge < -0.3 is 4.57 Å². The van der Waals surface area contributed by atoms with E-state index in [4.69, 9.17) is 23.2 Å². The zero-order valence-corrected chi connectivity index (χ0v) is 21.1. The van der Waals surface area contributed by atoms with Crippen molar-refractivity contribution in [2.45, 2.75) is 24.5 Å². The highest BCUT2D eigenvalue weighted by Gasteiger charge is 2.10. The molecule has 0 aliphatic heterocycles. The van der Waals surface area contributed by atoms with Gasteiger partial charge >= 0.3 is 0 Å². The van der Waals surface area contributed by atoms with E-state index < -0.39 is 0 Å². The molecule has 0 bridgehead atoms. The van der Waals surface area contributed by atoms with E-state index in [-0.39, 0.29) is 5.91 Å². The lowest BCUT2D eigenvalue weighted by Crippen LogP contribution is -2.17. The van der Waals surface area contributed by atoms with E-state index in [2.05, 4.69) is 15.1 Å². The summed E-state index contributed by atoms with van der Waals surface area (Å²) in [5, 5.41) is 5.58. The molecule has 0 saturated heterocycles. The highest BCUT2D eigenvalue weighted by Crippen LogP contribution is 2.25. The van der Waals surface area contributed by atoms with Crippen molar-refractivity contribution in [2.75, 3.05) is 0 Å². The van der Waals surface area contributed by atoms with Crippen molar-refractivity contribution in [2.24, 2.45) is 5.10 Å². The molecule has 0 unspecified atom stereocenters. The van der Waals surface area contributed by atoms with Gasteiger partial charge in [-0.1, -0.05) is 41.4 Å². The zero-order chi connectivity index (χ0) is 24.1. The Hall–Kier alpha value is -2.99. The van der Waals surface area contributed by atoms with Gasteiger partial charge in [0.15, 0.2) is 0 Å². The Morgan fingerprint density at radius 2 is 1.71 bits per heavy atom. The molecule has 0 radical (unpaired) electrons. The van der Waals surface area contributed by atoms with E-state index in [0.717, 1.165) is 43.9 Å². The quantitative estimate of drug-likeness (QED) is 0.160. The van der Waals surface area contributed by atoms with E-state index in [1.165, 1.54) is 0 Å². The summed E-state index contributed by atoms with van der Waals surface area (Å²) in [6, 6.07) is 25.0. The summed E-state index contributed by atoms with van der Waals surface area (Å²) in [5.74, 6) is 0.556. The van der Waals surface area contributed by atoms with Gasteiger partial charge in [-0.25, -0.2) is 5.43 Å². The molecule has 0 fully saturated rings. The fraction of sp³-hybridized carbons (Fsp3) is 0.111. The molecular weight excluding hydrogens is 485 g/mol. The van der Waals surface area contributed by atoms with Crippen molar-refractivity contribution in [3.05, 3.63) is 117 Å². The molecule has 0 atom stereocenters. The number of thioether (sulfide) groups is 1. The van der Waals surface area contributed by atoms with Crippen LogP contribution in [0, 0.1) is 13.8 Å². The van der Waals surface area contributed by atoms with Gasteiger partial charge in [0.05, 0.1) is 6.21 Å². The van der Waals surface area contributed by atoms with Crippen LogP contribution in [0.4, 0.5) is 0 Å². The SMILES string of the molecule is Cc1cc(/C=N/NC(=O)c2ccc(CSc3ccc(Cl)cc3)cc2)c(C)n1-c1cccc(Cl)c1. The number of hydrogen-bond donors (Lipinski definition) is 1. The number of aryl methyl sites for hydroxylation is 1. The predicted octanol–water partition coefficient (Wildman–Crippen LogP) is 7.46. The normalized spacial score (nSPS) is 11.2. The number of carbonyl (C=O) groups excluding carboxylic acids is 1. The van der Waals surface area contributed by atoms with Gasteiger partial charge in [-0.3, -0.25) is 4.79 Å². The lowest BCUT2D eigenvalue weighted by atomic mass is 10.1. The Morgan fingerprint density at radius 3 is 2.41 bits per heavy atom. The van der Waals surface area contributed by atoms with Crippen LogP contribution >= 0.6 is 35.0 Å². The second-order valence-electron chi connectivity index (χ2n) is 7.78. The van der Waals surface area contributed by atoms with Gasteiger partial charge in [0.25, 0.3) is 5.91 Å². The van der Waals surface area contributed by atoms with Gasteiger partial charge in [-0.05, 0) is 80.1 Å². The second kappa shape index (κ2) is 11.0. The van der Waals surface area contributed by atoms with Crippen LogP contribution in [0.2, 0.25) is 10.0 Å². The Bertz CT molecular complexity index is 1330. The molecule has 0 aliphatic rings. The molecule has 4 aromatic rings. The van der Waals surface area contributed by atoms with E-state index in [9.17, 15) is 4.79 Å². The third-order valence-electron chi connectivity index (χ3n) is 5.34. The minimum Gasteiger partial charge on any atom is -0.318 e. The molecule has 172 valence electrons. The van der Waals surface area contributed by atoms with Gasteiger partial charge in [-0.2, -0.15) is 5.10 Å². The topological polar surface area (TPSA) is 46.4 Å². The van der Waals surface area contributed by atoms with E-state index in [0.29, 0.717) is 10.6 Å². The lowest BCUT2D eigenvalue weighted by molar-refractivity contribution is 0.0955. The van der Waals surface area contributed by atoms with Crippen LogP contribution in [0.25, 0.3) is 5.69 Å². The maximum atomic E-state index is 12.5. The van der Waals surface area contributed by atoms with Crippen molar-refractivity contribution < 1.29 is 4.79 Å². The Kier molecular flexibility index (Phi) is 7.78. The van der Waals surface area contributed by atoms with Crippen LogP contribution in [0.3, 0.4) is 0 Å². The molecule has 4 nitrogen and oxygen atoms in total. The van der Waals surface area contributed by atoms with Crippen LogP contribution in [0.15, 0.2) is 88.9 Å². The lowest BCUT2D eigenvalue weighted by Gasteiger charge is -2.09. The van der Waals surface area contributed by atoms with Gasteiger partial charge in [0.1, 0.15) is 0 Å². The number of nitrogens with zero attached hydrogens (tertiary/aromatic N) is 2. The summed E-state index contributed by atoms with van der Waals surface area (Å²) in [6.45, 7) is 4.04. The number of carbonyl (C=O) groups is 1. The Morgan fingerprint density at radius 1 is 0.971 bits per heavy atom. The molecule has 1 heterocycles. The molecule has 7 heteroatoms. The van der Waals surface area contributed by atoms with Crippen molar-refractivity contribution >= 4 is 47.1 Å². The van der Waals surface area contributed by atoms with Crippen LogP contribution in [-0.4, -0.2) is 16.7 Å². The molecule has 34 heavy (non-hydrogen) atoms. The maximum Gasteiger partial charge on any atom is 0.271 e. The number of nitrogens with one attached hydrogen (secondary N) is 1. The minimum absolute atomic E-state index is 0.253. The number of benzene rings is 3. The smallest absolute Gasteiger partial charge is 0.271 e. The minimum atomic E-state index is -0.253. The van der Waals surface area contributed by atoms with Gasteiger partial charge in [-0.15, -0.1) is 11.8 Å². The molecule has 0 spiro atoms. The van der Waals surface area contributed by atoms with E-state index in [1.54, 1.807) is 18.0 Å². The number of hydrogen-bond acceptors (Lipinski definition) is 3. The van der Waals surface area contributed by atoms with Crippen LogP contribution < -0.4 is 5.43 Å². The van der Waals surface area contributed by atoms with Gasteiger partial charge in [0, 0.05) is 48.9 Å². The molecule has 1 aromatic heterocycles. The number of aromatic nitrogens is 1. The first-order valence-corrected chi connectivity index (χ1v) is 12.4. The average molecular weight is 508 g/mol. The summed E-state index contributed by atoms with van der Waals surface area (Å²) in [5.41, 5.74) is 8.29. The van der Waals surface area contributed by atoms with E-state index in [1.807, 2.05) is 92.7 Å². The Labute approximate surface area is 213 Å². The first-order valence-electron chi connectivity index (χ1n) is 10.7. The number of hydrazone groups is 1. The summed E-state index contributed by atoms with van der Waals surface area (Å²) in [4.78, 5) is 13.7. The highest BCUT2D eigenvalue weighted by molar-refractivity contribution is 7.98. The molecule has 0 saturated carbocycles. The van der Waals surface area contributed by atoms with Crippen LogP contribution in [-0.2, 0) is 5.75 Å². The monoisotopic (exact) mass is 507 g/mol. The highest BCUT2D eigenvalue weighted by atomic mass is 35.5. The summed E-state index contributed by atoms with van der Waals surface area (Å²) >= 11 is 13.8. The van der Waals surface area contributed by atoms with Crippen LogP contribution in [0.1, 0.15) is 32.9 Å². The average Bonchev–Trinajstić information content (AvgIpc) is 3.11. The van der Waals surface area contributed by atoms with Crippen molar-refractivity contribution in [3.63, 3.8) is 0 Å². The third-order valence-corrected chi connectivity index (χ3v) is 6.91. The standard InChI is InChI=1S/C27H23Cl2N3OS/c1-18-14-22(19(2)32(18)25-5-3-4-24(29)15-25)16-30-31-27(33)21-8-6-20(7-9-21)17-34-26-12-10-23(28)11-13-26/h3-16H,17H2,1-2H3,(H,31,33)/b30-16+. The molecule has 4 rings (SSSR count). The molecule has 0 aliphatic carbocycles. The summed E-state index contributed by atoms with van der Waals surface area (Å²) in [6.07, 6.45) is 1.67. The second-order valence-corrected chi connectivity index (χ2v) is 9.70. The van der Waals surface area contributed by atoms with Crippen LogP contribution in [0.5, 0.6) is 0 Å². The largest absolute Gasteiger partial charge is 0.318 e. The fourth-order valence-corrected chi connectivity index (χ4v) is 4.77.